The maximum Gasteiger partial charge on any atom is 0.350 e. The largest absolute Gasteiger partial charge is 0.457 e. The molecule has 1 aliphatic rings. The van der Waals surface area contributed by atoms with Crippen molar-refractivity contribution in [2.24, 2.45) is 0 Å². The number of aryl methyl sites for hydroxylation is 1. The van der Waals surface area contributed by atoms with Crippen LogP contribution in [0.2, 0.25) is 0 Å². The van der Waals surface area contributed by atoms with Gasteiger partial charge in [0.05, 0.1) is 11.3 Å². The molecule has 1 atom stereocenters. The highest BCUT2D eigenvalue weighted by Gasteiger charge is 2.31. The van der Waals surface area contributed by atoms with Gasteiger partial charge in [-0.25, -0.2) is 14.6 Å². The zero-order valence-electron chi connectivity index (χ0n) is 12.4. The van der Waals surface area contributed by atoms with E-state index >= 15 is 0 Å². The first-order valence-corrected chi connectivity index (χ1v) is 7.73. The summed E-state index contributed by atoms with van der Waals surface area (Å²) in [6.07, 6.45) is 0.892. The molecule has 1 aliphatic heterocycles. The lowest BCUT2D eigenvalue weighted by molar-refractivity contribution is 0.0436. The average molecular weight is 330 g/mol. The first-order chi connectivity index (χ1) is 11.1. The summed E-state index contributed by atoms with van der Waals surface area (Å²) in [6.45, 7) is 5.37. The topological polar surface area (TPSA) is 77.5 Å². The molecule has 0 aliphatic carbocycles. The first kappa shape index (κ1) is 15.2. The summed E-state index contributed by atoms with van der Waals surface area (Å²) in [5, 5.41) is 3.52. The van der Waals surface area contributed by atoms with Crippen molar-refractivity contribution >= 4 is 28.4 Å². The van der Waals surface area contributed by atoms with Crippen LogP contribution in [-0.4, -0.2) is 23.5 Å². The number of carbonyl (C=O) groups is 2. The van der Waals surface area contributed by atoms with Gasteiger partial charge in [-0.05, 0) is 13.0 Å². The molecular weight excluding hydrogens is 316 g/mol. The standard InChI is InChI=1S/C16H14N2O4S/c1-3-8-21-15(20)12-9(2)17-16(23-12)18-13-10-6-4-5-7-11(10)14(19)22-13/h3-7,13H,1,8H2,2H3,(H,17,18). The molecule has 0 spiro atoms. The first-order valence-electron chi connectivity index (χ1n) is 6.92. The second kappa shape index (κ2) is 6.21. The normalized spacial score (nSPS) is 15.7. The van der Waals surface area contributed by atoms with Crippen molar-refractivity contribution in [3.8, 4) is 0 Å². The summed E-state index contributed by atoms with van der Waals surface area (Å²) in [4.78, 5) is 28.4. The number of esters is 2. The van der Waals surface area contributed by atoms with E-state index in [-0.39, 0.29) is 12.6 Å². The third-order valence-corrected chi connectivity index (χ3v) is 4.33. The van der Waals surface area contributed by atoms with E-state index in [1.165, 1.54) is 6.08 Å². The molecule has 1 aromatic carbocycles. The van der Waals surface area contributed by atoms with E-state index in [2.05, 4.69) is 16.9 Å². The molecule has 0 saturated heterocycles. The predicted octanol–water partition coefficient (Wildman–Crippen LogP) is 3.08. The molecule has 3 rings (SSSR count). The number of cyclic esters (lactones) is 1. The van der Waals surface area contributed by atoms with Gasteiger partial charge >= 0.3 is 11.9 Å². The summed E-state index contributed by atoms with van der Waals surface area (Å²) in [7, 11) is 0. The number of hydrogen-bond donors (Lipinski definition) is 1. The predicted molar refractivity (Wildman–Crippen MR) is 85.6 cm³/mol. The Bertz CT molecular complexity index is 784. The number of carbonyl (C=O) groups excluding carboxylic acids is 2. The van der Waals surface area contributed by atoms with E-state index in [1.54, 1.807) is 19.1 Å². The second-order valence-corrected chi connectivity index (χ2v) is 5.84. The highest BCUT2D eigenvalue weighted by atomic mass is 32.1. The number of thiazole rings is 1. The molecule has 1 aromatic heterocycles. The Morgan fingerprint density at radius 3 is 3.09 bits per heavy atom. The van der Waals surface area contributed by atoms with Crippen LogP contribution in [0.3, 0.4) is 0 Å². The molecule has 0 fully saturated rings. The zero-order chi connectivity index (χ0) is 16.4. The van der Waals surface area contributed by atoms with E-state index in [4.69, 9.17) is 9.47 Å². The Kier molecular flexibility index (Phi) is 4.12. The zero-order valence-corrected chi connectivity index (χ0v) is 13.2. The van der Waals surface area contributed by atoms with Gasteiger partial charge in [-0.15, -0.1) is 0 Å². The third-order valence-electron chi connectivity index (χ3n) is 3.26. The lowest BCUT2D eigenvalue weighted by Gasteiger charge is -2.11. The number of anilines is 1. The molecule has 6 nitrogen and oxygen atoms in total. The van der Waals surface area contributed by atoms with Crippen LogP contribution < -0.4 is 5.32 Å². The van der Waals surface area contributed by atoms with Crippen LogP contribution in [0.4, 0.5) is 5.13 Å². The van der Waals surface area contributed by atoms with Gasteiger partial charge in [0, 0.05) is 5.56 Å². The van der Waals surface area contributed by atoms with Crippen molar-refractivity contribution in [2.75, 3.05) is 11.9 Å². The number of ether oxygens (including phenoxy) is 2. The molecular formula is C16H14N2O4S. The van der Waals surface area contributed by atoms with Gasteiger partial charge in [0.1, 0.15) is 11.5 Å². The Morgan fingerprint density at radius 1 is 1.52 bits per heavy atom. The molecule has 1 unspecified atom stereocenters. The molecule has 2 aromatic rings. The van der Waals surface area contributed by atoms with Crippen LogP contribution >= 0.6 is 11.3 Å². The molecule has 2 heterocycles. The summed E-state index contributed by atoms with van der Waals surface area (Å²) in [5.41, 5.74) is 1.84. The Hall–Kier alpha value is -2.67. The minimum atomic E-state index is -0.610. The van der Waals surface area contributed by atoms with Gasteiger partial charge in [0.25, 0.3) is 0 Å². The number of benzene rings is 1. The number of nitrogens with zero attached hydrogens (tertiary/aromatic N) is 1. The van der Waals surface area contributed by atoms with Crippen molar-refractivity contribution in [3.63, 3.8) is 0 Å². The summed E-state index contributed by atoms with van der Waals surface area (Å²) >= 11 is 1.16. The van der Waals surface area contributed by atoms with Crippen molar-refractivity contribution in [2.45, 2.75) is 13.2 Å². The molecule has 0 radical (unpaired) electrons. The molecule has 0 amide bonds. The van der Waals surface area contributed by atoms with Crippen molar-refractivity contribution in [1.82, 2.24) is 4.98 Å². The molecule has 1 N–H and O–H groups in total. The second-order valence-electron chi connectivity index (χ2n) is 4.84. The number of aromatic nitrogens is 1. The fourth-order valence-electron chi connectivity index (χ4n) is 2.21. The van der Waals surface area contributed by atoms with E-state index < -0.39 is 12.2 Å². The molecule has 7 heteroatoms. The molecule has 0 saturated carbocycles. The van der Waals surface area contributed by atoms with Gasteiger partial charge in [0.2, 0.25) is 6.23 Å². The number of nitrogens with one attached hydrogen (secondary N) is 1. The minimum Gasteiger partial charge on any atom is -0.457 e. The fraction of sp³-hybridized carbons (Fsp3) is 0.188. The van der Waals surface area contributed by atoms with Crippen molar-refractivity contribution in [3.05, 3.63) is 58.6 Å². The van der Waals surface area contributed by atoms with Gasteiger partial charge in [-0.2, -0.15) is 0 Å². The van der Waals surface area contributed by atoms with Crippen molar-refractivity contribution < 1.29 is 19.1 Å². The molecule has 118 valence electrons. The number of hydrogen-bond acceptors (Lipinski definition) is 7. The van der Waals surface area contributed by atoms with Gasteiger partial charge in [-0.1, -0.05) is 42.2 Å². The SMILES string of the molecule is C=CCOC(=O)c1sc(NC2OC(=O)c3ccccc32)nc1C. The van der Waals surface area contributed by atoms with Crippen LogP contribution in [-0.2, 0) is 9.47 Å². The van der Waals surface area contributed by atoms with E-state index in [9.17, 15) is 9.59 Å². The minimum absolute atomic E-state index is 0.145. The van der Waals surface area contributed by atoms with Crippen LogP contribution in [0.25, 0.3) is 0 Å². The quantitative estimate of drug-likeness (QED) is 0.670. The molecule has 0 bridgehead atoms. The van der Waals surface area contributed by atoms with E-state index in [0.29, 0.717) is 21.3 Å². The van der Waals surface area contributed by atoms with Crippen LogP contribution in [0.5, 0.6) is 0 Å². The monoisotopic (exact) mass is 330 g/mol. The highest BCUT2D eigenvalue weighted by Crippen LogP contribution is 2.33. The smallest absolute Gasteiger partial charge is 0.350 e. The average Bonchev–Trinajstić information content (AvgIpc) is 3.06. The lowest BCUT2D eigenvalue weighted by atomic mass is 10.1. The van der Waals surface area contributed by atoms with Gasteiger partial charge in [-0.3, -0.25) is 0 Å². The summed E-state index contributed by atoms with van der Waals surface area (Å²) in [6, 6.07) is 7.15. The summed E-state index contributed by atoms with van der Waals surface area (Å²) in [5.74, 6) is -0.825. The van der Waals surface area contributed by atoms with Gasteiger partial charge in [0.15, 0.2) is 5.13 Å². The molecule has 23 heavy (non-hydrogen) atoms. The van der Waals surface area contributed by atoms with E-state index in [1.807, 2.05) is 12.1 Å². The maximum atomic E-state index is 11.9. The number of rotatable bonds is 5. The van der Waals surface area contributed by atoms with Crippen molar-refractivity contribution in [1.29, 1.82) is 0 Å². The Morgan fingerprint density at radius 2 is 2.30 bits per heavy atom. The van der Waals surface area contributed by atoms with Crippen LogP contribution in [0, 0.1) is 6.92 Å². The number of fused-ring (bicyclic) bond motifs is 1. The van der Waals surface area contributed by atoms with Gasteiger partial charge < -0.3 is 14.8 Å². The highest BCUT2D eigenvalue weighted by molar-refractivity contribution is 7.17. The van der Waals surface area contributed by atoms with Crippen LogP contribution in [0.15, 0.2) is 36.9 Å². The van der Waals surface area contributed by atoms with E-state index in [0.717, 1.165) is 16.9 Å². The Balaban J connectivity index is 1.78. The fourth-order valence-corrected chi connectivity index (χ4v) is 3.09. The maximum absolute atomic E-state index is 11.9. The van der Waals surface area contributed by atoms with Crippen LogP contribution in [0.1, 0.15) is 37.5 Å². The Labute approximate surface area is 136 Å². The third kappa shape index (κ3) is 2.95. The summed E-state index contributed by atoms with van der Waals surface area (Å²) < 4.78 is 10.3. The lowest BCUT2D eigenvalue weighted by Crippen LogP contribution is -2.09.